The van der Waals surface area contributed by atoms with Gasteiger partial charge in [0, 0.05) is 24.8 Å². The van der Waals surface area contributed by atoms with Crippen molar-refractivity contribution in [2.45, 2.75) is 6.92 Å². The highest BCUT2D eigenvalue weighted by atomic mass is 16.5. The lowest BCUT2D eigenvalue weighted by atomic mass is 10.1. The summed E-state index contributed by atoms with van der Waals surface area (Å²) in [5.41, 5.74) is 1.46. The van der Waals surface area contributed by atoms with E-state index in [0.29, 0.717) is 22.7 Å². The number of carbonyl (C=O) groups is 3. The minimum Gasteiger partial charge on any atom is -0.495 e. The monoisotopic (exact) mass is 385 g/mol. The summed E-state index contributed by atoms with van der Waals surface area (Å²) in [5, 5.41) is 14.4. The van der Waals surface area contributed by atoms with Crippen molar-refractivity contribution in [1.29, 1.82) is 0 Å². The molecule has 8 heteroatoms. The van der Waals surface area contributed by atoms with Gasteiger partial charge in [0.25, 0.3) is 5.91 Å². The highest BCUT2D eigenvalue weighted by molar-refractivity contribution is 6.05. The second-order valence-electron chi connectivity index (χ2n) is 6.28. The van der Waals surface area contributed by atoms with E-state index in [0.717, 1.165) is 0 Å². The van der Waals surface area contributed by atoms with Crippen molar-refractivity contribution in [3.05, 3.63) is 54.1 Å². The third kappa shape index (κ3) is 5.47. The summed E-state index contributed by atoms with van der Waals surface area (Å²) in [6.07, 6.45) is 0. The summed E-state index contributed by atoms with van der Waals surface area (Å²) in [6.45, 7) is 1.61. The zero-order valence-corrected chi connectivity index (χ0v) is 15.9. The predicted molar refractivity (Wildman–Crippen MR) is 106 cm³/mol. The molecule has 0 radical (unpaired) electrons. The number of carboxylic acids is 1. The topological polar surface area (TPSA) is 108 Å². The highest BCUT2D eigenvalue weighted by Gasteiger charge is 2.17. The molecule has 8 nitrogen and oxygen atoms in total. The molecule has 0 aromatic heterocycles. The van der Waals surface area contributed by atoms with Gasteiger partial charge in [-0.15, -0.1) is 0 Å². The average Bonchev–Trinajstić information content (AvgIpc) is 2.68. The Morgan fingerprint density at radius 1 is 1.07 bits per heavy atom. The van der Waals surface area contributed by atoms with Crippen LogP contribution in [0.1, 0.15) is 17.3 Å². The third-order valence-corrected chi connectivity index (χ3v) is 4.07. The Bertz CT molecular complexity index is 851. The number of aliphatic carboxylic acids is 1. The van der Waals surface area contributed by atoms with Gasteiger partial charge in [-0.3, -0.25) is 9.59 Å². The molecule has 28 heavy (non-hydrogen) atoms. The first-order valence-electron chi connectivity index (χ1n) is 8.61. The first-order chi connectivity index (χ1) is 13.3. The van der Waals surface area contributed by atoms with Gasteiger partial charge >= 0.3 is 12.0 Å². The fourth-order valence-corrected chi connectivity index (χ4v) is 2.44. The number of hydrogen-bond donors (Lipinski definition) is 3. The van der Waals surface area contributed by atoms with Gasteiger partial charge in [0.1, 0.15) is 5.75 Å². The van der Waals surface area contributed by atoms with Crippen LogP contribution >= 0.6 is 0 Å². The van der Waals surface area contributed by atoms with E-state index >= 15 is 0 Å². The standard InChI is InChI=1S/C20H23N3O5/c1-13(19(25)26)12-23(2)20(27)21-15-10-8-14(9-11-15)18(24)22-16-6-4-5-7-17(16)28-3/h4-11,13H,12H2,1-3H3,(H,21,27)(H,22,24)(H,25,26). The van der Waals surface area contributed by atoms with Crippen LogP contribution < -0.4 is 15.4 Å². The molecular weight excluding hydrogens is 362 g/mol. The van der Waals surface area contributed by atoms with Crippen molar-refractivity contribution in [2.75, 3.05) is 31.3 Å². The van der Waals surface area contributed by atoms with Gasteiger partial charge in [-0.2, -0.15) is 0 Å². The van der Waals surface area contributed by atoms with E-state index in [2.05, 4.69) is 10.6 Å². The molecule has 3 amide bonds. The summed E-state index contributed by atoms with van der Waals surface area (Å²) < 4.78 is 5.21. The largest absolute Gasteiger partial charge is 0.495 e. The number of nitrogens with one attached hydrogen (secondary N) is 2. The quantitative estimate of drug-likeness (QED) is 0.679. The van der Waals surface area contributed by atoms with Gasteiger partial charge in [-0.05, 0) is 36.4 Å². The molecule has 0 fully saturated rings. The van der Waals surface area contributed by atoms with Crippen molar-refractivity contribution in [3.8, 4) is 5.75 Å². The second kappa shape index (κ2) is 9.40. The van der Waals surface area contributed by atoms with Gasteiger partial charge in [0.15, 0.2) is 0 Å². The lowest BCUT2D eigenvalue weighted by Crippen LogP contribution is -2.36. The maximum atomic E-state index is 12.4. The zero-order chi connectivity index (χ0) is 20.7. The number of hydrogen-bond acceptors (Lipinski definition) is 4. The fraction of sp³-hybridized carbons (Fsp3) is 0.250. The van der Waals surface area contributed by atoms with E-state index in [1.54, 1.807) is 48.5 Å². The Balaban J connectivity index is 1.98. The molecule has 0 saturated heterocycles. The van der Waals surface area contributed by atoms with E-state index in [9.17, 15) is 14.4 Å². The van der Waals surface area contributed by atoms with Crippen molar-refractivity contribution < 1.29 is 24.2 Å². The number of carbonyl (C=O) groups excluding carboxylic acids is 2. The number of amides is 3. The molecule has 1 unspecified atom stereocenters. The van der Waals surface area contributed by atoms with Crippen LogP contribution in [0, 0.1) is 5.92 Å². The summed E-state index contributed by atoms with van der Waals surface area (Å²) in [4.78, 5) is 36.7. The lowest BCUT2D eigenvalue weighted by molar-refractivity contribution is -0.141. The molecule has 3 N–H and O–H groups in total. The lowest BCUT2D eigenvalue weighted by Gasteiger charge is -2.20. The molecule has 0 aliphatic carbocycles. The van der Waals surface area contributed by atoms with Gasteiger partial charge in [-0.1, -0.05) is 19.1 Å². The minimum atomic E-state index is -0.968. The van der Waals surface area contributed by atoms with Crippen LogP contribution in [-0.2, 0) is 4.79 Å². The van der Waals surface area contributed by atoms with E-state index in [1.165, 1.54) is 26.0 Å². The number of rotatable bonds is 7. The van der Waals surface area contributed by atoms with Gasteiger partial charge in [0.05, 0.1) is 18.7 Å². The molecule has 0 spiro atoms. The Hall–Kier alpha value is -3.55. The minimum absolute atomic E-state index is 0.0839. The van der Waals surface area contributed by atoms with E-state index in [4.69, 9.17) is 9.84 Å². The van der Waals surface area contributed by atoms with Crippen LogP contribution in [0.3, 0.4) is 0 Å². The molecule has 0 heterocycles. The fourth-order valence-electron chi connectivity index (χ4n) is 2.44. The Morgan fingerprint density at radius 3 is 2.32 bits per heavy atom. The number of anilines is 2. The van der Waals surface area contributed by atoms with Gasteiger partial charge in [-0.25, -0.2) is 4.79 Å². The molecule has 148 valence electrons. The van der Waals surface area contributed by atoms with Gasteiger partial charge in [0.2, 0.25) is 0 Å². The van der Waals surface area contributed by atoms with Crippen LogP contribution in [0.25, 0.3) is 0 Å². The normalized spacial score (nSPS) is 11.2. The smallest absolute Gasteiger partial charge is 0.321 e. The zero-order valence-electron chi connectivity index (χ0n) is 15.9. The van der Waals surface area contributed by atoms with Crippen LogP contribution in [-0.4, -0.2) is 48.6 Å². The number of ether oxygens (including phenoxy) is 1. The molecule has 0 saturated carbocycles. The van der Waals surface area contributed by atoms with Crippen molar-refractivity contribution in [1.82, 2.24) is 4.90 Å². The second-order valence-corrected chi connectivity index (χ2v) is 6.28. The van der Waals surface area contributed by atoms with Crippen LogP contribution in [0.2, 0.25) is 0 Å². The van der Waals surface area contributed by atoms with E-state index in [-0.39, 0.29) is 12.5 Å². The van der Waals surface area contributed by atoms with Crippen molar-refractivity contribution >= 4 is 29.3 Å². The van der Waals surface area contributed by atoms with E-state index in [1.807, 2.05) is 0 Å². The SMILES string of the molecule is COc1ccccc1NC(=O)c1ccc(NC(=O)N(C)CC(C)C(=O)O)cc1. The summed E-state index contributed by atoms with van der Waals surface area (Å²) >= 11 is 0. The maximum absolute atomic E-state index is 12.4. The summed E-state index contributed by atoms with van der Waals surface area (Å²) in [7, 11) is 3.04. The van der Waals surface area contributed by atoms with Gasteiger partial charge < -0.3 is 25.4 Å². The van der Waals surface area contributed by atoms with Crippen molar-refractivity contribution in [3.63, 3.8) is 0 Å². The molecule has 2 aromatic rings. The number of carboxylic acid groups (broad SMARTS) is 1. The predicted octanol–water partition coefficient (Wildman–Crippen LogP) is 3.13. The Morgan fingerprint density at radius 2 is 1.71 bits per heavy atom. The Labute approximate surface area is 163 Å². The Kier molecular flexibility index (Phi) is 6.97. The number of para-hydroxylation sites is 2. The molecule has 0 aliphatic rings. The van der Waals surface area contributed by atoms with Crippen molar-refractivity contribution in [2.24, 2.45) is 5.92 Å². The maximum Gasteiger partial charge on any atom is 0.321 e. The number of benzene rings is 2. The molecule has 2 rings (SSSR count). The summed E-state index contributed by atoms with van der Waals surface area (Å²) in [6, 6.07) is 13.0. The third-order valence-electron chi connectivity index (χ3n) is 4.07. The van der Waals surface area contributed by atoms with Crippen LogP contribution in [0.4, 0.5) is 16.2 Å². The molecule has 2 aromatic carbocycles. The average molecular weight is 385 g/mol. The molecule has 0 aliphatic heterocycles. The summed E-state index contributed by atoms with van der Waals surface area (Å²) in [5.74, 6) is -1.39. The first-order valence-corrected chi connectivity index (χ1v) is 8.61. The first kappa shape index (κ1) is 20.8. The van der Waals surface area contributed by atoms with Crippen LogP contribution in [0.5, 0.6) is 5.75 Å². The highest BCUT2D eigenvalue weighted by Crippen LogP contribution is 2.23. The number of methoxy groups -OCH3 is 1. The number of urea groups is 1. The van der Waals surface area contributed by atoms with E-state index < -0.39 is 17.9 Å². The van der Waals surface area contributed by atoms with Crippen LogP contribution in [0.15, 0.2) is 48.5 Å². The molecule has 1 atom stereocenters. The molecular formula is C20H23N3O5. The molecule has 0 bridgehead atoms. The number of nitrogens with zero attached hydrogens (tertiary/aromatic N) is 1.